The number of halogens is 1. The number of thioether (sulfide) groups is 1. The van der Waals surface area contributed by atoms with Crippen molar-refractivity contribution in [3.8, 4) is 11.6 Å². The number of aromatic nitrogens is 3. The fourth-order valence-corrected chi connectivity index (χ4v) is 4.05. The number of hydrogen-bond acceptors (Lipinski definition) is 5. The number of nitrogens with zero attached hydrogens (tertiary/aromatic N) is 3. The van der Waals surface area contributed by atoms with Gasteiger partial charge in [-0.15, -0.1) is 29.1 Å². The first-order chi connectivity index (χ1) is 11.8. The van der Waals surface area contributed by atoms with E-state index in [-0.39, 0.29) is 24.0 Å². The Morgan fingerprint density at radius 2 is 2.36 bits per heavy atom. The van der Waals surface area contributed by atoms with E-state index in [2.05, 4.69) is 49.5 Å². The third-order valence-corrected chi connectivity index (χ3v) is 5.28. The molecule has 0 radical (unpaired) electrons. The molecule has 0 aliphatic heterocycles. The maximum atomic E-state index is 5.29. The molecule has 0 aromatic carbocycles. The molecule has 0 amide bonds. The van der Waals surface area contributed by atoms with Crippen molar-refractivity contribution in [2.75, 3.05) is 12.8 Å². The number of nitrogens with one attached hydrogen (secondary N) is 3. The number of aliphatic imine (C=N–C) groups is 1. The zero-order valence-corrected chi connectivity index (χ0v) is 17.6. The lowest BCUT2D eigenvalue weighted by molar-refractivity contribution is 0.577. The molecule has 1 aliphatic carbocycles. The minimum atomic E-state index is 0. The van der Waals surface area contributed by atoms with Crippen molar-refractivity contribution < 1.29 is 4.42 Å². The monoisotopic (exact) mass is 476 g/mol. The molecule has 7 nitrogen and oxygen atoms in total. The Labute approximate surface area is 169 Å². The van der Waals surface area contributed by atoms with Crippen molar-refractivity contribution in [1.29, 1.82) is 0 Å². The normalized spacial score (nSPS) is 20.3. The molecule has 9 heteroatoms. The van der Waals surface area contributed by atoms with Gasteiger partial charge in [0.15, 0.2) is 11.7 Å². The Bertz CT molecular complexity index is 659. The van der Waals surface area contributed by atoms with Crippen LogP contribution in [0.1, 0.15) is 32.0 Å². The quantitative estimate of drug-likeness (QED) is 0.338. The summed E-state index contributed by atoms with van der Waals surface area (Å²) in [6.07, 6.45) is 5.29. The summed E-state index contributed by atoms with van der Waals surface area (Å²) in [5.41, 5.74) is 0. The van der Waals surface area contributed by atoms with E-state index < -0.39 is 0 Å². The predicted molar refractivity (Wildman–Crippen MR) is 112 cm³/mol. The molecule has 1 fully saturated rings. The van der Waals surface area contributed by atoms with E-state index in [0.29, 0.717) is 24.2 Å². The minimum absolute atomic E-state index is 0. The van der Waals surface area contributed by atoms with Crippen LogP contribution in [0.5, 0.6) is 0 Å². The Balaban J connectivity index is 0.00000225. The van der Waals surface area contributed by atoms with Gasteiger partial charge in [-0.05, 0) is 37.1 Å². The molecule has 3 N–H and O–H groups in total. The van der Waals surface area contributed by atoms with Crippen LogP contribution in [0.15, 0.2) is 27.8 Å². The molecular formula is C16H25IN6OS. The zero-order valence-electron chi connectivity index (χ0n) is 14.5. The lowest BCUT2D eigenvalue weighted by atomic mass is 10.2. The van der Waals surface area contributed by atoms with Crippen LogP contribution in [-0.4, -0.2) is 45.2 Å². The van der Waals surface area contributed by atoms with E-state index in [4.69, 9.17) is 4.42 Å². The molecule has 25 heavy (non-hydrogen) atoms. The maximum absolute atomic E-state index is 5.29. The summed E-state index contributed by atoms with van der Waals surface area (Å²) in [4.78, 5) is 8.72. The van der Waals surface area contributed by atoms with Crippen LogP contribution in [0.3, 0.4) is 0 Å². The van der Waals surface area contributed by atoms with Crippen molar-refractivity contribution in [2.45, 2.75) is 44.0 Å². The maximum Gasteiger partial charge on any atom is 0.216 e. The van der Waals surface area contributed by atoms with Crippen LogP contribution in [0, 0.1) is 0 Å². The molecule has 1 aliphatic rings. The largest absolute Gasteiger partial charge is 0.461 e. The first-order valence-electron chi connectivity index (χ1n) is 8.32. The van der Waals surface area contributed by atoms with Gasteiger partial charge in [-0.25, -0.2) is 4.98 Å². The molecule has 2 unspecified atom stereocenters. The van der Waals surface area contributed by atoms with Gasteiger partial charge in [0.05, 0.1) is 12.8 Å². The molecule has 138 valence electrons. The van der Waals surface area contributed by atoms with Crippen LogP contribution in [0.25, 0.3) is 11.6 Å². The molecule has 0 saturated heterocycles. The van der Waals surface area contributed by atoms with Gasteiger partial charge in [0.1, 0.15) is 5.82 Å². The summed E-state index contributed by atoms with van der Waals surface area (Å²) in [7, 11) is 1.79. The Morgan fingerprint density at radius 1 is 1.48 bits per heavy atom. The highest BCUT2D eigenvalue weighted by Gasteiger charge is 2.25. The minimum Gasteiger partial charge on any atom is -0.461 e. The number of rotatable bonds is 6. The topological polar surface area (TPSA) is 91.1 Å². The van der Waals surface area contributed by atoms with E-state index >= 15 is 0 Å². The van der Waals surface area contributed by atoms with E-state index in [1.54, 1.807) is 13.3 Å². The third-order valence-electron chi connectivity index (χ3n) is 4.05. The van der Waals surface area contributed by atoms with Crippen molar-refractivity contribution in [1.82, 2.24) is 25.8 Å². The standard InChI is InChI=1S/C16H24N6OS.HI/c1-3-24-12-7-6-11(9-12)19-16(17-2)18-10-14-20-15(22-21-14)13-5-4-8-23-13;/h4-5,8,11-12H,3,6-7,9-10H2,1-2H3,(H2,17,18,19)(H,20,21,22);1H. The second-order valence-electron chi connectivity index (χ2n) is 5.74. The molecule has 1 saturated carbocycles. The summed E-state index contributed by atoms with van der Waals surface area (Å²) in [6.45, 7) is 2.76. The van der Waals surface area contributed by atoms with Gasteiger partial charge in [-0.1, -0.05) is 6.92 Å². The van der Waals surface area contributed by atoms with Crippen molar-refractivity contribution in [2.24, 2.45) is 4.99 Å². The fraction of sp³-hybridized carbons (Fsp3) is 0.562. The first kappa shape index (κ1) is 20.1. The summed E-state index contributed by atoms with van der Waals surface area (Å²) >= 11 is 2.06. The van der Waals surface area contributed by atoms with Crippen LogP contribution in [0.2, 0.25) is 0 Å². The lowest BCUT2D eigenvalue weighted by Gasteiger charge is -2.16. The van der Waals surface area contributed by atoms with Crippen LogP contribution >= 0.6 is 35.7 Å². The average Bonchev–Trinajstić information content (AvgIpc) is 3.32. The van der Waals surface area contributed by atoms with Crippen molar-refractivity contribution >= 4 is 41.7 Å². The van der Waals surface area contributed by atoms with E-state index in [9.17, 15) is 0 Å². The van der Waals surface area contributed by atoms with Crippen molar-refractivity contribution in [3.05, 3.63) is 24.2 Å². The van der Waals surface area contributed by atoms with Crippen molar-refractivity contribution in [3.63, 3.8) is 0 Å². The smallest absolute Gasteiger partial charge is 0.216 e. The lowest BCUT2D eigenvalue weighted by Crippen LogP contribution is -2.42. The molecule has 2 atom stereocenters. The Morgan fingerprint density at radius 3 is 3.08 bits per heavy atom. The Hall–Kier alpha value is -1.23. The van der Waals surface area contributed by atoms with Gasteiger partial charge in [0.2, 0.25) is 5.82 Å². The highest BCUT2D eigenvalue weighted by Crippen LogP contribution is 2.29. The number of H-pyrrole nitrogens is 1. The van der Waals surface area contributed by atoms with Gasteiger partial charge >= 0.3 is 0 Å². The Kier molecular flexibility index (Phi) is 8.07. The molecule has 0 bridgehead atoms. The molecular weight excluding hydrogens is 451 g/mol. The second-order valence-corrected chi connectivity index (χ2v) is 7.32. The van der Waals surface area contributed by atoms with Gasteiger partial charge in [-0.2, -0.15) is 11.8 Å². The third kappa shape index (κ3) is 5.63. The molecule has 2 aromatic rings. The summed E-state index contributed by atoms with van der Waals surface area (Å²) in [5.74, 6) is 3.96. The number of guanidine groups is 1. The fourth-order valence-electron chi connectivity index (χ4n) is 2.90. The van der Waals surface area contributed by atoms with E-state index in [0.717, 1.165) is 17.0 Å². The van der Waals surface area contributed by atoms with Gasteiger partial charge in [-0.3, -0.25) is 10.1 Å². The van der Waals surface area contributed by atoms with Crippen LogP contribution in [0.4, 0.5) is 0 Å². The second kappa shape index (κ2) is 10.0. The molecule has 2 heterocycles. The van der Waals surface area contributed by atoms with E-state index in [1.165, 1.54) is 25.0 Å². The van der Waals surface area contributed by atoms with Gasteiger partial charge in [0.25, 0.3) is 0 Å². The number of hydrogen-bond donors (Lipinski definition) is 3. The molecule has 2 aromatic heterocycles. The number of aromatic amines is 1. The number of furan rings is 1. The van der Waals surface area contributed by atoms with Gasteiger partial charge in [0, 0.05) is 18.3 Å². The summed E-state index contributed by atoms with van der Waals surface area (Å²) < 4.78 is 5.29. The highest BCUT2D eigenvalue weighted by atomic mass is 127. The first-order valence-corrected chi connectivity index (χ1v) is 9.37. The average molecular weight is 476 g/mol. The van der Waals surface area contributed by atoms with Gasteiger partial charge < -0.3 is 15.1 Å². The zero-order chi connectivity index (χ0) is 16.8. The summed E-state index contributed by atoms with van der Waals surface area (Å²) in [5, 5.41) is 14.6. The highest BCUT2D eigenvalue weighted by molar-refractivity contribution is 14.0. The molecule has 0 spiro atoms. The van der Waals surface area contributed by atoms with Crippen LogP contribution in [-0.2, 0) is 6.54 Å². The van der Waals surface area contributed by atoms with Crippen LogP contribution < -0.4 is 10.6 Å². The predicted octanol–water partition coefficient (Wildman–Crippen LogP) is 3.02. The van der Waals surface area contributed by atoms with E-state index in [1.807, 2.05) is 12.1 Å². The SMILES string of the molecule is CCSC1CCC(NC(=NC)NCc2nc(-c3ccco3)n[nH]2)C1.I. The molecule has 3 rings (SSSR count). The summed E-state index contributed by atoms with van der Waals surface area (Å²) in [6, 6.07) is 4.15.